The second-order valence-corrected chi connectivity index (χ2v) is 5.68. The van der Waals surface area contributed by atoms with Crippen molar-refractivity contribution in [1.29, 1.82) is 0 Å². The van der Waals surface area contributed by atoms with Gasteiger partial charge in [0.25, 0.3) is 0 Å². The highest BCUT2D eigenvalue weighted by atomic mass is 16.5. The van der Waals surface area contributed by atoms with Gasteiger partial charge in [0.2, 0.25) is 0 Å². The Hall–Kier alpha value is -0.120. The molecule has 0 aromatic heterocycles. The average Bonchev–Trinajstić information content (AvgIpc) is 2.98. The number of nitrogens with one attached hydrogen (secondary N) is 1. The van der Waals surface area contributed by atoms with Gasteiger partial charge >= 0.3 is 0 Å². The Labute approximate surface area is 92.7 Å². The normalized spacial score (nSPS) is 38.8. The Bertz CT molecular complexity index is 238. The van der Waals surface area contributed by atoms with Gasteiger partial charge < -0.3 is 15.8 Å². The van der Waals surface area contributed by atoms with E-state index in [0.717, 1.165) is 25.6 Å². The predicted molar refractivity (Wildman–Crippen MR) is 61.8 cm³/mol. The summed E-state index contributed by atoms with van der Waals surface area (Å²) in [5.41, 5.74) is 6.46. The first-order chi connectivity index (χ1) is 6.99. The summed E-state index contributed by atoms with van der Waals surface area (Å²) >= 11 is 0. The van der Waals surface area contributed by atoms with E-state index in [9.17, 15) is 0 Å². The molecule has 0 amide bonds. The van der Waals surface area contributed by atoms with Crippen LogP contribution in [0, 0.1) is 5.41 Å². The Morgan fingerprint density at radius 2 is 2.07 bits per heavy atom. The fourth-order valence-electron chi connectivity index (χ4n) is 2.42. The molecule has 0 aromatic carbocycles. The van der Waals surface area contributed by atoms with Crippen molar-refractivity contribution in [3.05, 3.63) is 0 Å². The van der Waals surface area contributed by atoms with Crippen molar-refractivity contribution in [2.24, 2.45) is 11.1 Å². The van der Waals surface area contributed by atoms with Gasteiger partial charge in [-0.1, -0.05) is 13.8 Å². The summed E-state index contributed by atoms with van der Waals surface area (Å²) in [6, 6.07) is 0.743. The van der Waals surface area contributed by atoms with Gasteiger partial charge in [-0.3, -0.25) is 0 Å². The van der Waals surface area contributed by atoms with Gasteiger partial charge in [0, 0.05) is 30.1 Å². The summed E-state index contributed by atoms with van der Waals surface area (Å²) in [4.78, 5) is 0. The minimum atomic E-state index is -0.0740. The molecule has 15 heavy (non-hydrogen) atoms. The SMILES string of the molecule is CCOC1CC(N)(CNC2CC2)C1(C)C. The molecule has 2 aliphatic carbocycles. The first-order valence-electron chi connectivity index (χ1n) is 6.13. The number of ether oxygens (including phenoxy) is 1. The molecule has 0 aliphatic heterocycles. The highest BCUT2D eigenvalue weighted by Gasteiger charge is 2.58. The lowest BCUT2D eigenvalue weighted by Gasteiger charge is -2.59. The van der Waals surface area contributed by atoms with Crippen LogP contribution in [0.1, 0.15) is 40.0 Å². The highest BCUT2D eigenvalue weighted by Crippen LogP contribution is 2.49. The maximum Gasteiger partial charge on any atom is 0.0662 e. The number of hydrogen-bond donors (Lipinski definition) is 2. The van der Waals surface area contributed by atoms with Crippen LogP contribution in [-0.4, -0.2) is 30.8 Å². The van der Waals surface area contributed by atoms with Gasteiger partial charge in [-0.2, -0.15) is 0 Å². The zero-order valence-electron chi connectivity index (χ0n) is 10.2. The van der Waals surface area contributed by atoms with Crippen LogP contribution in [0.2, 0.25) is 0 Å². The lowest BCUT2D eigenvalue weighted by atomic mass is 9.54. The van der Waals surface area contributed by atoms with Crippen molar-refractivity contribution in [3.8, 4) is 0 Å². The van der Waals surface area contributed by atoms with Crippen LogP contribution >= 0.6 is 0 Å². The van der Waals surface area contributed by atoms with Crippen molar-refractivity contribution in [2.45, 2.75) is 57.7 Å². The van der Waals surface area contributed by atoms with Crippen LogP contribution in [0.25, 0.3) is 0 Å². The van der Waals surface area contributed by atoms with E-state index in [0.29, 0.717) is 6.10 Å². The minimum absolute atomic E-state index is 0.0740. The summed E-state index contributed by atoms with van der Waals surface area (Å²) in [6.07, 6.45) is 3.98. The van der Waals surface area contributed by atoms with Crippen LogP contribution < -0.4 is 11.1 Å². The Balaban J connectivity index is 1.86. The Morgan fingerprint density at radius 3 is 2.53 bits per heavy atom. The third-order valence-electron chi connectivity index (χ3n) is 4.29. The van der Waals surface area contributed by atoms with Gasteiger partial charge in [0.05, 0.1) is 6.10 Å². The summed E-state index contributed by atoms with van der Waals surface area (Å²) in [5.74, 6) is 0. The molecule has 0 saturated heterocycles. The van der Waals surface area contributed by atoms with E-state index in [4.69, 9.17) is 10.5 Å². The van der Waals surface area contributed by atoms with Crippen LogP contribution in [-0.2, 0) is 4.74 Å². The Morgan fingerprint density at radius 1 is 1.40 bits per heavy atom. The molecule has 2 fully saturated rings. The standard InChI is InChI=1S/C12H24N2O/c1-4-15-10-7-12(13,11(10,2)3)8-14-9-5-6-9/h9-10,14H,4-8,13H2,1-3H3. The van der Waals surface area contributed by atoms with E-state index in [1.54, 1.807) is 0 Å². The van der Waals surface area contributed by atoms with Crippen LogP contribution in [0.3, 0.4) is 0 Å². The van der Waals surface area contributed by atoms with Gasteiger partial charge in [0.15, 0.2) is 0 Å². The molecular formula is C12H24N2O. The third kappa shape index (κ3) is 1.93. The highest BCUT2D eigenvalue weighted by molar-refractivity contribution is 5.15. The molecule has 0 heterocycles. The topological polar surface area (TPSA) is 47.3 Å². The van der Waals surface area contributed by atoms with E-state index in [1.807, 2.05) is 0 Å². The van der Waals surface area contributed by atoms with Crippen LogP contribution in [0.15, 0.2) is 0 Å². The fraction of sp³-hybridized carbons (Fsp3) is 1.00. The molecule has 0 aromatic rings. The monoisotopic (exact) mass is 212 g/mol. The largest absolute Gasteiger partial charge is 0.378 e. The van der Waals surface area contributed by atoms with Crippen molar-refractivity contribution < 1.29 is 4.74 Å². The van der Waals surface area contributed by atoms with Gasteiger partial charge in [-0.25, -0.2) is 0 Å². The molecule has 0 spiro atoms. The van der Waals surface area contributed by atoms with E-state index in [2.05, 4.69) is 26.1 Å². The molecule has 3 nitrogen and oxygen atoms in total. The quantitative estimate of drug-likeness (QED) is 0.721. The minimum Gasteiger partial charge on any atom is -0.378 e. The summed E-state index contributed by atoms with van der Waals surface area (Å²) < 4.78 is 5.70. The number of rotatable bonds is 5. The van der Waals surface area contributed by atoms with Gasteiger partial charge in [0.1, 0.15) is 0 Å². The first-order valence-corrected chi connectivity index (χ1v) is 6.13. The molecule has 2 unspecified atom stereocenters. The third-order valence-corrected chi connectivity index (χ3v) is 4.29. The lowest BCUT2D eigenvalue weighted by Crippen LogP contribution is -2.73. The van der Waals surface area contributed by atoms with E-state index in [1.165, 1.54) is 12.8 Å². The second-order valence-electron chi connectivity index (χ2n) is 5.68. The van der Waals surface area contributed by atoms with Crippen molar-refractivity contribution in [2.75, 3.05) is 13.2 Å². The summed E-state index contributed by atoms with van der Waals surface area (Å²) in [7, 11) is 0. The first kappa shape index (κ1) is 11.4. The van der Waals surface area contributed by atoms with Gasteiger partial charge in [-0.05, 0) is 26.2 Å². The fourth-order valence-corrected chi connectivity index (χ4v) is 2.42. The Kier molecular flexibility index (Phi) is 2.82. The lowest BCUT2D eigenvalue weighted by molar-refractivity contribution is -0.148. The van der Waals surface area contributed by atoms with E-state index < -0.39 is 0 Å². The van der Waals surface area contributed by atoms with Crippen LogP contribution in [0.5, 0.6) is 0 Å². The number of nitrogens with two attached hydrogens (primary N) is 1. The smallest absolute Gasteiger partial charge is 0.0662 e. The predicted octanol–water partition coefficient (Wildman–Crippen LogP) is 1.27. The zero-order chi connectivity index (χ0) is 11.1. The molecular weight excluding hydrogens is 188 g/mol. The molecule has 0 radical (unpaired) electrons. The maximum atomic E-state index is 6.43. The molecule has 3 heteroatoms. The van der Waals surface area contributed by atoms with E-state index >= 15 is 0 Å². The average molecular weight is 212 g/mol. The number of hydrogen-bond acceptors (Lipinski definition) is 3. The van der Waals surface area contributed by atoms with Crippen molar-refractivity contribution in [3.63, 3.8) is 0 Å². The summed E-state index contributed by atoms with van der Waals surface area (Å²) in [6.45, 7) is 8.24. The molecule has 2 atom stereocenters. The van der Waals surface area contributed by atoms with Crippen molar-refractivity contribution in [1.82, 2.24) is 5.32 Å². The van der Waals surface area contributed by atoms with Gasteiger partial charge in [-0.15, -0.1) is 0 Å². The second kappa shape index (κ2) is 3.72. The molecule has 2 rings (SSSR count). The molecule has 0 bridgehead atoms. The molecule has 88 valence electrons. The summed E-state index contributed by atoms with van der Waals surface area (Å²) in [5, 5.41) is 3.54. The van der Waals surface area contributed by atoms with Crippen LogP contribution in [0.4, 0.5) is 0 Å². The molecule has 2 saturated carbocycles. The molecule has 3 N–H and O–H groups in total. The van der Waals surface area contributed by atoms with Crippen molar-refractivity contribution >= 4 is 0 Å². The van der Waals surface area contributed by atoms with E-state index in [-0.39, 0.29) is 11.0 Å². The molecule has 2 aliphatic rings. The zero-order valence-corrected chi connectivity index (χ0v) is 10.2. The maximum absolute atomic E-state index is 6.43.